The molecule has 0 saturated heterocycles. The second-order valence-corrected chi connectivity index (χ2v) is 6.19. The molecule has 7 nitrogen and oxygen atoms in total. The molecular formula is C13H17NO6S. The molecule has 0 atom stereocenters. The van der Waals surface area contributed by atoms with E-state index in [1.54, 1.807) is 6.92 Å². The van der Waals surface area contributed by atoms with Crippen LogP contribution >= 0.6 is 0 Å². The average Bonchev–Trinajstić information content (AvgIpc) is 2.46. The number of carbonyl (C=O) groups is 2. The van der Waals surface area contributed by atoms with Gasteiger partial charge in [-0.25, -0.2) is 13.2 Å². The third-order valence-electron chi connectivity index (χ3n) is 2.72. The molecule has 1 rings (SSSR count). The Labute approximate surface area is 123 Å². The van der Waals surface area contributed by atoms with Gasteiger partial charge in [0.1, 0.15) is 6.54 Å². The number of hydrogen-bond donors (Lipinski definition) is 1. The lowest BCUT2D eigenvalue weighted by molar-refractivity contribution is -0.140. The van der Waals surface area contributed by atoms with Gasteiger partial charge in [-0.15, -0.1) is 0 Å². The maximum Gasteiger partial charge on any atom is 0.335 e. The highest BCUT2D eigenvalue weighted by atomic mass is 32.2. The number of benzene rings is 1. The predicted octanol–water partition coefficient (Wildman–Crippen LogP) is 0.959. The second-order valence-electron chi connectivity index (χ2n) is 4.25. The average molecular weight is 315 g/mol. The lowest BCUT2D eigenvalue weighted by atomic mass is 10.2. The number of aromatic carboxylic acids is 1. The molecular weight excluding hydrogens is 298 g/mol. The van der Waals surface area contributed by atoms with Gasteiger partial charge >= 0.3 is 11.9 Å². The van der Waals surface area contributed by atoms with Gasteiger partial charge in [-0.05, 0) is 24.6 Å². The molecule has 0 spiro atoms. The minimum atomic E-state index is -3.96. The first-order valence-corrected chi connectivity index (χ1v) is 7.67. The molecule has 116 valence electrons. The summed E-state index contributed by atoms with van der Waals surface area (Å²) in [6.45, 7) is 1.49. The number of carboxylic acid groups (broad SMARTS) is 1. The van der Waals surface area contributed by atoms with Gasteiger partial charge in [-0.3, -0.25) is 4.79 Å². The Balaban J connectivity index is 3.19. The van der Waals surface area contributed by atoms with Gasteiger partial charge in [0.2, 0.25) is 10.0 Å². The molecule has 8 heteroatoms. The van der Waals surface area contributed by atoms with Crippen molar-refractivity contribution >= 4 is 22.0 Å². The van der Waals surface area contributed by atoms with E-state index in [9.17, 15) is 18.0 Å². The smallest absolute Gasteiger partial charge is 0.335 e. The summed E-state index contributed by atoms with van der Waals surface area (Å²) in [6.07, 6.45) is 0.509. The first-order valence-electron chi connectivity index (χ1n) is 6.23. The fraction of sp³-hybridized carbons (Fsp3) is 0.385. The molecule has 0 amide bonds. The van der Waals surface area contributed by atoms with Gasteiger partial charge in [0.15, 0.2) is 0 Å². The highest BCUT2D eigenvalue weighted by Gasteiger charge is 2.26. The SMILES string of the molecule is CCCN(CC(=O)OC)S(=O)(=O)c1cccc(C(=O)O)c1. The quantitative estimate of drug-likeness (QED) is 0.752. The summed E-state index contributed by atoms with van der Waals surface area (Å²) in [4.78, 5) is 22.1. The zero-order chi connectivity index (χ0) is 16.0. The van der Waals surface area contributed by atoms with E-state index in [-0.39, 0.29) is 17.0 Å². The Morgan fingerprint density at radius 2 is 2.00 bits per heavy atom. The molecule has 0 radical (unpaired) electrons. The summed E-state index contributed by atoms with van der Waals surface area (Å²) in [7, 11) is -2.78. The largest absolute Gasteiger partial charge is 0.478 e. The summed E-state index contributed by atoms with van der Waals surface area (Å²) in [5.74, 6) is -1.90. The van der Waals surface area contributed by atoms with Crippen LogP contribution in [0.2, 0.25) is 0 Å². The fourth-order valence-electron chi connectivity index (χ4n) is 1.68. The van der Waals surface area contributed by atoms with Crippen molar-refractivity contribution in [2.24, 2.45) is 0 Å². The van der Waals surface area contributed by atoms with E-state index < -0.39 is 28.5 Å². The van der Waals surface area contributed by atoms with Gasteiger partial charge in [0.05, 0.1) is 17.6 Å². The Bertz CT molecular complexity index is 625. The standard InChI is InChI=1S/C13H17NO6S/c1-3-7-14(9-12(15)20-2)21(18,19)11-6-4-5-10(8-11)13(16)17/h4-6,8H,3,7,9H2,1-2H3,(H,16,17). The van der Waals surface area contributed by atoms with Crippen LogP contribution in [0.25, 0.3) is 0 Å². The molecule has 1 N–H and O–H groups in total. The number of ether oxygens (including phenoxy) is 1. The molecule has 0 fully saturated rings. The van der Waals surface area contributed by atoms with E-state index in [2.05, 4.69) is 4.74 Å². The van der Waals surface area contributed by atoms with Crippen LogP contribution in [-0.2, 0) is 19.6 Å². The predicted molar refractivity (Wildman–Crippen MR) is 74.5 cm³/mol. The minimum Gasteiger partial charge on any atom is -0.478 e. The summed E-state index contributed by atoms with van der Waals surface area (Å²) in [6, 6.07) is 5.00. The molecule has 0 aliphatic carbocycles. The molecule has 21 heavy (non-hydrogen) atoms. The molecule has 0 aromatic heterocycles. The van der Waals surface area contributed by atoms with Crippen molar-refractivity contribution in [1.29, 1.82) is 0 Å². The third-order valence-corrected chi connectivity index (χ3v) is 4.57. The molecule has 0 saturated carbocycles. The summed E-state index contributed by atoms with van der Waals surface area (Å²) in [5, 5.41) is 8.92. The number of hydrogen-bond acceptors (Lipinski definition) is 5. The van der Waals surface area contributed by atoms with Crippen LogP contribution in [0.4, 0.5) is 0 Å². The molecule has 0 unspecified atom stereocenters. The van der Waals surface area contributed by atoms with E-state index >= 15 is 0 Å². The van der Waals surface area contributed by atoms with E-state index in [1.165, 1.54) is 25.3 Å². The van der Waals surface area contributed by atoms with Crippen LogP contribution in [0, 0.1) is 0 Å². The molecule has 1 aromatic carbocycles. The number of methoxy groups -OCH3 is 1. The van der Waals surface area contributed by atoms with Crippen molar-refractivity contribution in [2.45, 2.75) is 18.2 Å². The van der Waals surface area contributed by atoms with Crippen LogP contribution in [0.3, 0.4) is 0 Å². The summed E-state index contributed by atoms with van der Waals surface area (Å²) < 4.78 is 30.4. The molecule has 1 aromatic rings. The van der Waals surface area contributed by atoms with Crippen molar-refractivity contribution < 1.29 is 27.9 Å². The van der Waals surface area contributed by atoms with Gasteiger partial charge < -0.3 is 9.84 Å². The number of rotatable bonds is 7. The van der Waals surface area contributed by atoms with E-state index in [4.69, 9.17) is 5.11 Å². The molecule has 0 bridgehead atoms. The fourth-order valence-corrected chi connectivity index (χ4v) is 3.20. The second kappa shape index (κ2) is 7.19. The van der Waals surface area contributed by atoms with E-state index in [0.29, 0.717) is 6.42 Å². The Morgan fingerprint density at radius 1 is 1.33 bits per heavy atom. The zero-order valence-corrected chi connectivity index (χ0v) is 12.6. The monoisotopic (exact) mass is 315 g/mol. The topological polar surface area (TPSA) is 101 Å². The zero-order valence-electron chi connectivity index (χ0n) is 11.8. The number of nitrogens with zero attached hydrogens (tertiary/aromatic N) is 1. The summed E-state index contributed by atoms with van der Waals surface area (Å²) >= 11 is 0. The number of esters is 1. The maximum atomic E-state index is 12.5. The van der Waals surface area contributed by atoms with Gasteiger partial charge in [0, 0.05) is 6.54 Å². The van der Waals surface area contributed by atoms with Gasteiger partial charge in [-0.2, -0.15) is 4.31 Å². The molecule has 0 heterocycles. The van der Waals surface area contributed by atoms with Crippen molar-refractivity contribution in [3.63, 3.8) is 0 Å². The first-order chi connectivity index (χ1) is 9.82. The Morgan fingerprint density at radius 3 is 2.52 bits per heavy atom. The number of carbonyl (C=O) groups excluding carboxylic acids is 1. The Kier molecular flexibility index (Phi) is 5.86. The summed E-state index contributed by atoms with van der Waals surface area (Å²) in [5.41, 5.74) is -0.134. The lowest BCUT2D eigenvalue weighted by Gasteiger charge is -2.20. The maximum absolute atomic E-state index is 12.5. The first kappa shape index (κ1) is 17.1. The normalized spacial score (nSPS) is 11.4. The van der Waals surface area contributed by atoms with Crippen molar-refractivity contribution in [3.05, 3.63) is 29.8 Å². The van der Waals surface area contributed by atoms with Crippen molar-refractivity contribution in [2.75, 3.05) is 20.2 Å². The third kappa shape index (κ3) is 4.27. The van der Waals surface area contributed by atoms with Crippen LogP contribution in [-0.4, -0.2) is 50.0 Å². The minimum absolute atomic E-state index is 0.134. The molecule has 0 aliphatic heterocycles. The van der Waals surface area contributed by atoms with Gasteiger partial charge in [0.25, 0.3) is 0 Å². The van der Waals surface area contributed by atoms with E-state index in [1.807, 2.05) is 0 Å². The highest BCUT2D eigenvalue weighted by Crippen LogP contribution is 2.17. The number of sulfonamides is 1. The number of carboxylic acids is 1. The van der Waals surface area contributed by atoms with Crippen LogP contribution < -0.4 is 0 Å². The lowest BCUT2D eigenvalue weighted by Crippen LogP contribution is -2.36. The van der Waals surface area contributed by atoms with Crippen LogP contribution in [0.1, 0.15) is 23.7 Å². The van der Waals surface area contributed by atoms with Crippen molar-refractivity contribution in [3.8, 4) is 0 Å². The Hall–Kier alpha value is -1.93. The van der Waals surface area contributed by atoms with Gasteiger partial charge in [-0.1, -0.05) is 13.0 Å². The van der Waals surface area contributed by atoms with E-state index in [0.717, 1.165) is 10.4 Å². The van der Waals surface area contributed by atoms with Crippen LogP contribution in [0.5, 0.6) is 0 Å². The highest BCUT2D eigenvalue weighted by molar-refractivity contribution is 7.89. The molecule has 0 aliphatic rings. The van der Waals surface area contributed by atoms with Crippen LogP contribution in [0.15, 0.2) is 29.2 Å². The van der Waals surface area contributed by atoms with Crippen molar-refractivity contribution in [1.82, 2.24) is 4.31 Å².